The minimum absolute atomic E-state index is 0.0683. The number of aromatic hydroxyl groups is 1. The number of aliphatic hydroxyl groups is 1. The van der Waals surface area contributed by atoms with Gasteiger partial charge in [-0.25, -0.2) is 0 Å². The third-order valence-electron chi connectivity index (χ3n) is 2.80. The molecular weight excluding hydrogens is 304 g/mol. The number of carbonyl (C=O) groups excluding carboxylic acids is 1. The van der Waals surface area contributed by atoms with E-state index in [0.717, 1.165) is 5.56 Å². The van der Waals surface area contributed by atoms with Crippen LogP contribution in [0.4, 0.5) is 0 Å². The molecule has 0 bridgehead atoms. The van der Waals surface area contributed by atoms with Crippen molar-refractivity contribution in [2.75, 3.05) is 19.8 Å². The molecule has 1 saturated heterocycles. The highest BCUT2D eigenvalue weighted by molar-refractivity contribution is 8.18. The number of amidine groups is 1. The van der Waals surface area contributed by atoms with Crippen LogP contribution in [0.3, 0.4) is 0 Å². The average Bonchev–Trinajstić information content (AvgIpc) is 2.83. The second-order valence-electron chi connectivity index (χ2n) is 4.49. The molecule has 1 fully saturated rings. The minimum atomic E-state index is -0.209. The van der Waals surface area contributed by atoms with Gasteiger partial charge in [-0.2, -0.15) is 0 Å². The number of benzene rings is 1. The smallest absolute Gasteiger partial charge is 0.264 e. The Kier molecular flexibility index (Phi) is 5.85. The van der Waals surface area contributed by atoms with E-state index in [1.165, 1.54) is 17.8 Å². The van der Waals surface area contributed by atoms with E-state index in [2.05, 4.69) is 10.3 Å². The number of ether oxygens (including phenoxy) is 1. The number of hydrogen-bond donors (Lipinski definition) is 3. The topological polar surface area (TPSA) is 91.2 Å². The van der Waals surface area contributed by atoms with Gasteiger partial charge in [0.05, 0.1) is 11.5 Å². The van der Waals surface area contributed by atoms with Crippen molar-refractivity contribution >= 4 is 28.9 Å². The van der Waals surface area contributed by atoms with Crippen LogP contribution in [-0.2, 0) is 4.79 Å². The van der Waals surface area contributed by atoms with E-state index in [1.54, 1.807) is 18.2 Å². The molecule has 0 aliphatic carbocycles. The fourth-order valence-corrected chi connectivity index (χ4v) is 2.64. The summed E-state index contributed by atoms with van der Waals surface area (Å²) < 4.78 is 5.32. The van der Waals surface area contributed by atoms with Gasteiger partial charge >= 0.3 is 0 Å². The van der Waals surface area contributed by atoms with Crippen molar-refractivity contribution in [3.05, 3.63) is 28.7 Å². The van der Waals surface area contributed by atoms with Gasteiger partial charge in [0.15, 0.2) is 16.7 Å². The number of thioether (sulfide) groups is 1. The Labute approximate surface area is 132 Å². The molecule has 0 saturated carbocycles. The quantitative estimate of drug-likeness (QED) is 0.548. The fourth-order valence-electron chi connectivity index (χ4n) is 1.80. The zero-order valence-electron chi connectivity index (χ0n) is 12.2. The van der Waals surface area contributed by atoms with Crippen LogP contribution in [0.15, 0.2) is 28.1 Å². The Morgan fingerprint density at radius 3 is 3.00 bits per heavy atom. The standard InChI is InChI=1S/C15H18N2O4S/c1-2-21-12-8-10(4-5-11(12)19)9-13-14(20)17-15(22-13)16-6-3-7-18/h4-5,8-9,18-19H,2-3,6-7H2,1H3,(H,16,17,20)/b13-9-. The fraction of sp³-hybridized carbons (Fsp3) is 0.333. The van der Waals surface area contributed by atoms with Gasteiger partial charge in [-0.1, -0.05) is 6.07 Å². The van der Waals surface area contributed by atoms with Crippen molar-refractivity contribution in [2.24, 2.45) is 4.99 Å². The first-order valence-corrected chi connectivity index (χ1v) is 7.77. The predicted molar refractivity (Wildman–Crippen MR) is 87.0 cm³/mol. The molecule has 0 spiro atoms. The summed E-state index contributed by atoms with van der Waals surface area (Å²) in [4.78, 5) is 16.6. The summed E-state index contributed by atoms with van der Waals surface area (Å²) >= 11 is 1.25. The molecule has 1 aliphatic heterocycles. The number of carbonyl (C=O) groups is 1. The van der Waals surface area contributed by atoms with Crippen LogP contribution in [-0.4, -0.2) is 41.0 Å². The van der Waals surface area contributed by atoms with Crippen molar-refractivity contribution in [3.8, 4) is 11.5 Å². The van der Waals surface area contributed by atoms with E-state index in [4.69, 9.17) is 9.84 Å². The van der Waals surface area contributed by atoms with Crippen LogP contribution in [0.5, 0.6) is 11.5 Å². The highest BCUT2D eigenvalue weighted by Gasteiger charge is 2.23. The van der Waals surface area contributed by atoms with Crippen molar-refractivity contribution in [2.45, 2.75) is 13.3 Å². The molecule has 1 aromatic rings. The number of aliphatic hydroxyl groups excluding tert-OH is 1. The third kappa shape index (κ3) is 4.25. The maximum atomic E-state index is 11.9. The Bertz CT molecular complexity index is 614. The zero-order valence-corrected chi connectivity index (χ0v) is 13.0. The van der Waals surface area contributed by atoms with Gasteiger partial charge in [-0.15, -0.1) is 0 Å². The van der Waals surface area contributed by atoms with E-state index in [9.17, 15) is 9.90 Å². The first-order valence-electron chi connectivity index (χ1n) is 6.96. The normalized spacial score (nSPS) is 18.0. The monoisotopic (exact) mass is 322 g/mol. The van der Waals surface area contributed by atoms with Crippen LogP contribution >= 0.6 is 11.8 Å². The summed E-state index contributed by atoms with van der Waals surface area (Å²) in [5, 5.41) is 21.6. The molecule has 1 aliphatic rings. The van der Waals surface area contributed by atoms with Crippen LogP contribution < -0.4 is 10.1 Å². The van der Waals surface area contributed by atoms with E-state index < -0.39 is 0 Å². The van der Waals surface area contributed by atoms with Crippen LogP contribution in [0.2, 0.25) is 0 Å². The van der Waals surface area contributed by atoms with Gasteiger partial charge < -0.3 is 20.3 Å². The Morgan fingerprint density at radius 2 is 2.27 bits per heavy atom. The molecule has 3 N–H and O–H groups in total. The number of phenolic OH excluding ortho intramolecular Hbond substituents is 1. The highest BCUT2D eigenvalue weighted by atomic mass is 32.2. The Morgan fingerprint density at radius 1 is 1.45 bits per heavy atom. The van der Waals surface area contributed by atoms with Gasteiger partial charge in [0.1, 0.15) is 0 Å². The molecule has 0 atom stereocenters. The molecule has 1 heterocycles. The molecule has 0 unspecified atom stereocenters. The van der Waals surface area contributed by atoms with Crippen molar-refractivity contribution in [1.29, 1.82) is 0 Å². The van der Waals surface area contributed by atoms with Gasteiger partial charge in [0.2, 0.25) is 0 Å². The van der Waals surface area contributed by atoms with Crippen molar-refractivity contribution in [1.82, 2.24) is 5.32 Å². The molecule has 2 rings (SSSR count). The molecule has 7 heteroatoms. The van der Waals surface area contributed by atoms with E-state index in [0.29, 0.717) is 35.4 Å². The van der Waals surface area contributed by atoms with Crippen LogP contribution in [0.25, 0.3) is 6.08 Å². The van der Waals surface area contributed by atoms with Gasteiger partial charge in [0, 0.05) is 13.2 Å². The molecule has 0 radical (unpaired) electrons. The number of rotatable bonds is 6. The molecule has 0 aromatic heterocycles. The predicted octanol–water partition coefficient (Wildman–Crippen LogP) is 1.73. The lowest BCUT2D eigenvalue weighted by Gasteiger charge is -2.06. The van der Waals surface area contributed by atoms with E-state index >= 15 is 0 Å². The summed E-state index contributed by atoms with van der Waals surface area (Å²) in [6, 6.07) is 4.92. The lowest BCUT2D eigenvalue weighted by atomic mass is 10.2. The maximum absolute atomic E-state index is 11.9. The zero-order chi connectivity index (χ0) is 15.9. The lowest BCUT2D eigenvalue weighted by molar-refractivity contribution is -0.115. The third-order valence-corrected chi connectivity index (χ3v) is 3.75. The largest absolute Gasteiger partial charge is 0.504 e. The summed E-state index contributed by atoms with van der Waals surface area (Å²) in [7, 11) is 0. The lowest BCUT2D eigenvalue weighted by Crippen LogP contribution is -2.20. The average molecular weight is 322 g/mol. The van der Waals surface area contributed by atoms with E-state index in [-0.39, 0.29) is 18.3 Å². The molecule has 1 amide bonds. The number of hydrogen-bond acceptors (Lipinski definition) is 6. The summed E-state index contributed by atoms with van der Waals surface area (Å²) in [6.07, 6.45) is 2.28. The Hall–Kier alpha value is -1.99. The second-order valence-corrected chi connectivity index (χ2v) is 5.52. The van der Waals surface area contributed by atoms with Crippen LogP contribution in [0, 0.1) is 0 Å². The summed E-state index contributed by atoms with van der Waals surface area (Å²) in [5.41, 5.74) is 0.760. The van der Waals surface area contributed by atoms with Crippen molar-refractivity contribution in [3.63, 3.8) is 0 Å². The first kappa shape index (κ1) is 16.4. The van der Waals surface area contributed by atoms with E-state index in [1.807, 2.05) is 6.92 Å². The van der Waals surface area contributed by atoms with Gasteiger partial charge in [0.25, 0.3) is 5.91 Å². The van der Waals surface area contributed by atoms with Gasteiger partial charge in [-0.05, 0) is 48.9 Å². The summed E-state index contributed by atoms with van der Waals surface area (Å²) in [6.45, 7) is 2.83. The first-order chi connectivity index (χ1) is 10.6. The number of nitrogens with one attached hydrogen (secondary N) is 1. The number of phenols is 1. The SMILES string of the molecule is CCOc1cc(/C=C2\SC(=NCCCO)NC2=O)ccc1O. The molecule has 6 nitrogen and oxygen atoms in total. The summed E-state index contributed by atoms with van der Waals surface area (Å²) in [5.74, 6) is 0.245. The molecule has 1 aromatic carbocycles. The maximum Gasteiger partial charge on any atom is 0.264 e. The molecular formula is C15H18N2O4S. The number of nitrogens with zero attached hydrogens (tertiary/aromatic N) is 1. The Balaban J connectivity index is 2.14. The molecule has 118 valence electrons. The number of amides is 1. The van der Waals surface area contributed by atoms with Gasteiger partial charge in [-0.3, -0.25) is 9.79 Å². The van der Waals surface area contributed by atoms with Crippen LogP contribution in [0.1, 0.15) is 18.9 Å². The number of aliphatic imine (C=N–C) groups is 1. The minimum Gasteiger partial charge on any atom is -0.504 e. The second kappa shape index (κ2) is 7.86. The highest BCUT2D eigenvalue weighted by Crippen LogP contribution is 2.30. The molecule has 22 heavy (non-hydrogen) atoms. The van der Waals surface area contributed by atoms with Crippen molar-refractivity contribution < 1.29 is 19.7 Å².